The van der Waals surface area contributed by atoms with Crippen molar-refractivity contribution in [2.75, 3.05) is 13.1 Å². The molecule has 0 spiro atoms. The molecule has 1 aromatic heterocycles. The van der Waals surface area contributed by atoms with Crippen LogP contribution in [0.1, 0.15) is 32.7 Å². The van der Waals surface area contributed by atoms with Gasteiger partial charge in [-0.3, -0.25) is 4.79 Å². The van der Waals surface area contributed by atoms with Gasteiger partial charge in [-0.2, -0.15) is 13.2 Å². The van der Waals surface area contributed by atoms with E-state index in [0.29, 0.717) is 13.1 Å². The Labute approximate surface area is 126 Å². The molecular formula is C14H19F3N2OS. The normalized spacial score (nSPS) is 17.5. The van der Waals surface area contributed by atoms with Gasteiger partial charge in [-0.15, -0.1) is 0 Å². The van der Waals surface area contributed by atoms with Crippen LogP contribution in [0.2, 0.25) is 0 Å². The molecule has 0 unspecified atom stereocenters. The van der Waals surface area contributed by atoms with Crippen molar-refractivity contribution in [3.05, 3.63) is 18.5 Å². The van der Waals surface area contributed by atoms with Gasteiger partial charge in [0, 0.05) is 42.3 Å². The minimum atomic E-state index is -4.25. The first-order valence-electron chi connectivity index (χ1n) is 6.98. The molecule has 0 radical (unpaired) electrons. The molecule has 21 heavy (non-hydrogen) atoms. The molecule has 0 saturated carbocycles. The van der Waals surface area contributed by atoms with E-state index < -0.39 is 5.51 Å². The Hall–Kier alpha value is -1.11. The van der Waals surface area contributed by atoms with Crippen molar-refractivity contribution in [1.82, 2.24) is 9.47 Å². The van der Waals surface area contributed by atoms with Crippen molar-refractivity contribution < 1.29 is 18.0 Å². The number of amides is 1. The summed E-state index contributed by atoms with van der Waals surface area (Å²) in [6.45, 7) is 5.09. The van der Waals surface area contributed by atoms with Crippen LogP contribution < -0.4 is 0 Å². The Kier molecular flexibility index (Phi) is 4.91. The van der Waals surface area contributed by atoms with Crippen LogP contribution in [0.5, 0.6) is 0 Å². The summed E-state index contributed by atoms with van der Waals surface area (Å²) in [4.78, 5) is 13.9. The van der Waals surface area contributed by atoms with E-state index in [-0.39, 0.29) is 34.5 Å². The number of halogens is 3. The summed E-state index contributed by atoms with van der Waals surface area (Å²) in [7, 11) is 0. The van der Waals surface area contributed by atoms with E-state index in [0.717, 1.165) is 12.8 Å². The Morgan fingerprint density at radius 2 is 1.95 bits per heavy atom. The topological polar surface area (TPSA) is 25.2 Å². The summed E-state index contributed by atoms with van der Waals surface area (Å²) < 4.78 is 38.8. The fourth-order valence-corrected chi connectivity index (χ4v) is 3.13. The molecule has 1 aromatic rings. The van der Waals surface area contributed by atoms with Crippen LogP contribution in [-0.4, -0.2) is 34.0 Å². The molecule has 2 rings (SSSR count). The van der Waals surface area contributed by atoms with Gasteiger partial charge in [-0.1, -0.05) is 13.8 Å². The predicted octanol–water partition coefficient (Wildman–Crippen LogP) is 3.92. The van der Waals surface area contributed by atoms with Crippen LogP contribution in [0, 0.1) is 5.92 Å². The minimum absolute atomic E-state index is 0.0112. The molecule has 0 aliphatic carbocycles. The Balaban J connectivity index is 1.92. The molecule has 1 saturated heterocycles. The second-order valence-corrected chi connectivity index (χ2v) is 6.69. The zero-order chi connectivity index (χ0) is 15.6. The van der Waals surface area contributed by atoms with E-state index in [2.05, 4.69) is 0 Å². The van der Waals surface area contributed by atoms with Gasteiger partial charge in [0.1, 0.15) is 0 Å². The third-order valence-corrected chi connectivity index (χ3v) is 4.32. The van der Waals surface area contributed by atoms with Crippen LogP contribution in [0.4, 0.5) is 13.2 Å². The van der Waals surface area contributed by atoms with Crippen molar-refractivity contribution in [2.24, 2.45) is 5.92 Å². The van der Waals surface area contributed by atoms with Crippen molar-refractivity contribution in [1.29, 1.82) is 0 Å². The van der Waals surface area contributed by atoms with Crippen LogP contribution >= 0.6 is 11.8 Å². The smallest absolute Gasteiger partial charge is 0.350 e. The van der Waals surface area contributed by atoms with Crippen molar-refractivity contribution >= 4 is 17.7 Å². The number of alkyl halides is 3. The first-order valence-corrected chi connectivity index (χ1v) is 7.80. The van der Waals surface area contributed by atoms with E-state index in [1.165, 1.54) is 6.07 Å². The lowest BCUT2D eigenvalue weighted by Crippen LogP contribution is -2.40. The summed E-state index contributed by atoms with van der Waals surface area (Å²) >= 11 is -0.0904. The highest BCUT2D eigenvalue weighted by molar-refractivity contribution is 8.00. The number of carbonyl (C=O) groups is 1. The number of hydrogen-bond acceptors (Lipinski definition) is 2. The summed E-state index contributed by atoms with van der Waals surface area (Å²) in [5.74, 6) is 0.136. The van der Waals surface area contributed by atoms with Gasteiger partial charge in [0.25, 0.3) is 0 Å². The van der Waals surface area contributed by atoms with Crippen LogP contribution in [0.3, 0.4) is 0 Å². The summed E-state index contributed by atoms with van der Waals surface area (Å²) in [6, 6.07) is 1.66. The first kappa shape index (κ1) is 16.3. The number of carbonyl (C=O) groups excluding carboxylic acids is 1. The fraction of sp³-hybridized carbons (Fsp3) is 0.643. The van der Waals surface area contributed by atoms with Crippen molar-refractivity contribution in [3.63, 3.8) is 0 Å². The lowest BCUT2D eigenvalue weighted by atomic mass is 10.0. The van der Waals surface area contributed by atoms with Crippen molar-refractivity contribution in [3.8, 4) is 0 Å². The van der Waals surface area contributed by atoms with E-state index in [9.17, 15) is 18.0 Å². The van der Waals surface area contributed by atoms with Gasteiger partial charge in [0.05, 0.1) is 0 Å². The molecule has 0 bridgehead atoms. The summed E-state index contributed by atoms with van der Waals surface area (Å²) in [5.41, 5.74) is -4.25. The van der Waals surface area contributed by atoms with Gasteiger partial charge in [-0.05, 0) is 30.7 Å². The molecule has 1 fully saturated rings. The Morgan fingerprint density at radius 3 is 2.48 bits per heavy atom. The number of nitrogens with zero attached hydrogens (tertiary/aromatic N) is 2. The van der Waals surface area contributed by atoms with E-state index >= 15 is 0 Å². The van der Waals surface area contributed by atoms with Crippen LogP contribution in [-0.2, 0) is 4.79 Å². The number of likely N-dealkylation sites (tertiary alicyclic amines) is 1. The lowest BCUT2D eigenvalue weighted by molar-refractivity contribution is -0.135. The molecule has 0 atom stereocenters. The van der Waals surface area contributed by atoms with Gasteiger partial charge in [0.2, 0.25) is 5.91 Å². The van der Waals surface area contributed by atoms with Gasteiger partial charge < -0.3 is 9.47 Å². The molecule has 0 N–H and O–H groups in total. The summed E-state index contributed by atoms with van der Waals surface area (Å²) in [5, 5.41) is 0. The molecular weight excluding hydrogens is 301 g/mol. The molecule has 1 aliphatic heterocycles. The van der Waals surface area contributed by atoms with Gasteiger partial charge in [-0.25, -0.2) is 0 Å². The number of piperidine rings is 1. The third-order valence-electron chi connectivity index (χ3n) is 3.61. The molecule has 7 heteroatoms. The largest absolute Gasteiger partial charge is 0.446 e. The molecule has 1 aliphatic rings. The second-order valence-electron chi connectivity index (χ2n) is 5.55. The maximum Gasteiger partial charge on any atom is 0.446 e. The second kappa shape index (κ2) is 6.34. The first-order chi connectivity index (χ1) is 9.76. The average Bonchev–Trinajstić information content (AvgIpc) is 2.84. The maximum absolute atomic E-state index is 12.3. The molecule has 3 nitrogen and oxygen atoms in total. The fourth-order valence-electron chi connectivity index (χ4n) is 2.56. The molecule has 118 valence electrons. The SMILES string of the molecule is CC(C)C(=O)N1CCC(n2ccc(SC(F)(F)F)c2)CC1. The molecule has 0 aromatic carbocycles. The standard InChI is InChI=1S/C14H19F3N2OS/c1-10(2)13(20)18-6-3-11(4-7-18)19-8-5-12(9-19)21-14(15,16)17/h5,8-11H,3-4,6-7H2,1-2H3. The highest BCUT2D eigenvalue weighted by atomic mass is 32.2. The number of hydrogen-bond donors (Lipinski definition) is 0. The number of rotatable bonds is 3. The quantitative estimate of drug-likeness (QED) is 0.789. The van der Waals surface area contributed by atoms with Crippen molar-refractivity contribution in [2.45, 2.75) is 43.1 Å². The van der Waals surface area contributed by atoms with E-state index in [4.69, 9.17) is 0 Å². The monoisotopic (exact) mass is 320 g/mol. The third kappa shape index (κ3) is 4.43. The molecule has 2 heterocycles. The van der Waals surface area contributed by atoms with E-state index in [1.807, 2.05) is 23.3 Å². The zero-order valence-corrected chi connectivity index (χ0v) is 12.9. The Morgan fingerprint density at radius 1 is 1.33 bits per heavy atom. The summed E-state index contributed by atoms with van der Waals surface area (Å²) in [6.07, 6.45) is 4.80. The predicted molar refractivity (Wildman–Crippen MR) is 76.0 cm³/mol. The van der Waals surface area contributed by atoms with E-state index in [1.54, 1.807) is 12.4 Å². The molecule has 1 amide bonds. The highest BCUT2D eigenvalue weighted by Gasteiger charge is 2.30. The van der Waals surface area contributed by atoms with Crippen LogP contribution in [0.15, 0.2) is 23.4 Å². The van der Waals surface area contributed by atoms with Crippen LogP contribution in [0.25, 0.3) is 0 Å². The minimum Gasteiger partial charge on any atom is -0.350 e. The van der Waals surface area contributed by atoms with Gasteiger partial charge in [0.15, 0.2) is 0 Å². The van der Waals surface area contributed by atoms with Gasteiger partial charge >= 0.3 is 5.51 Å². The maximum atomic E-state index is 12.3. The zero-order valence-electron chi connectivity index (χ0n) is 12.1. The average molecular weight is 320 g/mol. The number of aromatic nitrogens is 1. The lowest BCUT2D eigenvalue weighted by Gasteiger charge is -2.33. The highest BCUT2D eigenvalue weighted by Crippen LogP contribution is 2.37. The number of thioether (sulfide) groups is 1. The Bertz CT molecular complexity index is 491.